The predicted octanol–water partition coefficient (Wildman–Crippen LogP) is 3.85. The molecule has 0 aromatic carbocycles. The van der Waals surface area contributed by atoms with Crippen molar-refractivity contribution in [3.8, 4) is 0 Å². The number of nitrogens with zero attached hydrogens (tertiary/aromatic N) is 4. The van der Waals surface area contributed by atoms with Gasteiger partial charge in [-0.15, -0.1) is 0 Å². The number of carbonyl (C=O) groups excluding carboxylic acids is 3. The maximum Gasteiger partial charge on any atom is 0.410 e. The Morgan fingerprint density at radius 1 is 1.19 bits per heavy atom. The summed E-state index contributed by atoms with van der Waals surface area (Å²) in [4.78, 5) is 60.6. The summed E-state index contributed by atoms with van der Waals surface area (Å²) in [6.45, 7) is 6.02. The highest BCUT2D eigenvalue weighted by Crippen LogP contribution is 2.27. The monoisotopic (exact) mass is 582 g/mol. The van der Waals surface area contributed by atoms with Crippen molar-refractivity contribution < 1.29 is 23.5 Å². The number of pyridine rings is 2. The molecule has 3 aromatic heterocycles. The summed E-state index contributed by atoms with van der Waals surface area (Å²) in [5, 5.41) is 2.59. The van der Waals surface area contributed by atoms with Gasteiger partial charge in [-0.2, -0.15) is 0 Å². The van der Waals surface area contributed by atoms with Crippen LogP contribution in [0.4, 0.5) is 14.9 Å². The Hall–Kier alpha value is -4.48. The number of aryl methyl sites for hydroxylation is 1. The number of hydrogen-bond acceptors (Lipinski definition) is 6. The molecule has 3 rings (SSSR count). The summed E-state index contributed by atoms with van der Waals surface area (Å²) in [5.41, 5.74) is 2.83. The minimum atomic E-state index is -1.21. The van der Waals surface area contributed by atoms with Gasteiger partial charge in [0.05, 0.1) is 23.8 Å². The number of rotatable bonds is 11. The molecule has 0 radical (unpaired) electrons. The van der Waals surface area contributed by atoms with Crippen LogP contribution < -0.4 is 10.9 Å². The number of aromatic amines is 1. The second-order valence-electron chi connectivity index (χ2n) is 11.0. The van der Waals surface area contributed by atoms with E-state index in [0.29, 0.717) is 28.7 Å². The van der Waals surface area contributed by atoms with Gasteiger partial charge in [0.1, 0.15) is 11.5 Å². The van der Waals surface area contributed by atoms with Crippen LogP contribution >= 0.6 is 0 Å². The van der Waals surface area contributed by atoms with Gasteiger partial charge >= 0.3 is 6.09 Å². The van der Waals surface area contributed by atoms with Crippen molar-refractivity contribution in [2.75, 3.05) is 33.5 Å². The topological polar surface area (TPSA) is 130 Å². The molecule has 12 heteroatoms. The maximum absolute atomic E-state index is 14.6. The number of anilines is 1. The highest BCUT2D eigenvalue weighted by Gasteiger charge is 2.25. The van der Waals surface area contributed by atoms with Crippen LogP contribution in [0.1, 0.15) is 43.5 Å². The second kappa shape index (κ2) is 13.9. The molecule has 3 heterocycles. The molecule has 0 bridgehead atoms. The van der Waals surface area contributed by atoms with E-state index in [4.69, 9.17) is 4.74 Å². The molecule has 2 N–H and O–H groups in total. The van der Waals surface area contributed by atoms with Crippen molar-refractivity contribution in [1.29, 1.82) is 0 Å². The first kappa shape index (κ1) is 32.0. The Kier molecular flexibility index (Phi) is 10.6. The van der Waals surface area contributed by atoms with E-state index in [-0.39, 0.29) is 42.7 Å². The number of carbonyl (C=O) groups is 3. The molecular formula is C30H39FN6O5. The third-order valence-electron chi connectivity index (χ3n) is 6.63. The van der Waals surface area contributed by atoms with E-state index in [1.165, 1.54) is 46.8 Å². The number of amides is 3. The third-order valence-corrected chi connectivity index (χ3v) is 6.63. The lowest BCUT2D eigenvalue weighted by Crippen LogP contribution is -2.37. The van der Waals surface area contributed by atoms with E-state index < -0.39 is 23.7 Å². The summed E-state index contributed by atoms with van der Waals surface area (Å²) in [6.07, 6.45) is 4.77. The molecule has 1 atom stereocenters. The van der Waals surface area contributed by atoms with Crippen LogP contribution in [0.5, 0.6) is 0 Å². The zero-order valence-electron chi connectivity index (χ0n) is 25.2. The Bertz CT molecular complexity index is 1540. The van der Waals surface area contributed by atoms with Gasteiger partial charge in [-0.25, -0.2) is 9.18 Å². The van der Waals surface area contributed by atoms with E-state index in [9.17, 15) is 23.6 Å². The number of likely N-dealkylation sites (N-methyl/N-ethyl adjacent to an activating group) is 1. The van der Waals surface area contributed by atoms with Crippen LogP contribution in [0.3, 0.4) is 0 Å². The number of aromatic nitrogens is 3. The number of H-pyrrole nitrogens is 1. The van der Waals surface area contributed by atoms with Crippen molar-refractivity contribution in [1.82, 2.24) is 24.3 Å². The Balaban J connectivity index is 1.83. The molecule has 11 nitrogen and oxygen atoms in total. The summed E-state index contributed by atoms with van der Waals surface area (Å²) in [6, 6.07) is 3.08. The predicted molar refractivity (Wildman–Crippen MR) is 159 cm³/mol. The fourth-order valence-electron chi connectivity index (χ4n) is 4.29. The maximum atomic E-state index is 14.6. The van der Waals surface area contributed by atoms with E-state index >= 15 is 0 Å². The molecule has 226 valence electrons. The van der Waals surface area contributed by atoms with Gasteiger partial charge in [0.15, 0.2) is 6.10 Å². The quantitative estimate of drug-likeness (QED) is 0.331. The fraction of sp³-hybridized carbons (Fsp3) is 0.433. The van der Waals surface area contributed by atoms with Gasteiger partial charge in [-0.1, -0.05) is 19.9 Å². The third kappa shape index (κ3) is 7.83. The van der Waals surface area contributed by atoms with Crippen LogP contribution in [0.15, 0.2) is 41.5 Å². The van der Waals surface area contributed by atoms with E-state index in [0.717, 1.165) is 5.56 Å². The average Bonchev–Trinajstić information content (AvgIpc) is 3.24. The molecule has 0 saturated carbocycles. The van der Waals surface area contributed by atoms with Crippen LogP contribution in [0.25, 0.3) is 11.0 Å². The molecule has 0 spiro atoms. The molecule has 0 aliphatic carbocycles. The molecule has 3 aromatic rings. The first-order valence-electron chi connectivity index (χ1n) is 13.7. The summed E-state index contributed by atoms with van der Waals surface area (Å²) in [7, 11) is 6.22. The van der Waals surface area contributed by atoms with Crippen molar-refractivity contribution in [2.24, 2.45) is 5.92 Å². The molecule has 42 heavy (non-hydrogen) atoms. The summed E-state index contributed by atoms with van der Waals surface area (Å²) < 4.78 is 21.4. The lowest BCUT2D eigenvalue weighted by molar-refractivity contribution is -0.125. The SMILES string of the molecule is Cc1c(Cn2cccc(NC(=O)C(CC/C=C/C(=O)N(C)C)OC(=O)N(C)C)c2=O)[nH]c2c(CC(C)C)c(F)cnc12. The van der Waals surface area contributed by atoms with Crippen LogP contribution in [0.2, 0.25) is 0 Å². The zero-order chi connectivity index (χ0) is 31.1. The van der Waals surface area contributed by atoms with Gasteiger partial charge in [-0.05, 0) is 55.9 Å². The van der Waals surface area contributed by atoms with Crippen molar-refractivity contribution in [2.45, 2.75) is 52.7 Å². The molecule has 1 unspecified atom stereocenters. The van der Waals surface area contributed by atoms with Gasteiger partial charge in [0.25, 0.3) is 11.5 Å². The Morgan fingerprint density at radius 2 is 1.90 bits per heavy atom. The van der Waals surface area contributed by atoms with Crippen molar-refractivity contribution in [3.63, 3.8) is 0 Å². The lowest BCUT2D eigenvalue weighted by atomic mass is 10.0. The largest absolute Gasteiger partial charge is 0.436 e. The second-order valence-corrected chi connectivity index (χ2v) is 11.0. The standard InChI is InChI=1S/C30H39FN6O5/c1-18(2)15-20-21(31)16-32-26-19(3)23(33-27(20)26)17-37-14-10-11-22(29(37)40)34-28(39)24(42-30(41)36(6)7)12-8-9-13-25(38)35(4)5/h9-11,13-14,16,18,24,33H,8,12,15,17H2,1-7H3,(H,34,39)/b13-9+. The van der Waals surface area contributed by atoms with Gasteiger partial charge in [-0.3, -0.25) is 19.4 Å². The molecule has 0 fully saturated rings. The highest BCUT2D eigenvalue weighted by atomic mass is 19.1. The first-order chi connectivity index (χ1) is 19.8. The normalized spacial score (nSPS) is 12.1. The van der Waals surface area contributed by atoms with E-state index in [1.54, 1.807) is 32.4 Å². The van der Waals surface area contributed by atoms with Crippen LogP contribution in [-0.4, -0.2) is 76.5 Å². The van der Waals surface area contributed by atoms with Crippen LogP contribution in [0, 0.1) is 18.7 Å². The molecule has 0 saturated heterocycles. The van der Waals surface area contributed by atoms with Crippen LogP contribution in [-0.2, 0) is 27.3 Å². The van der Waals surface area contributed by atoms with Crippen molar-refractivity contribution in [3.05, 3.63) is 69.7 Å². The Labute approximate surface area is 244 Å². The van der Waals surface area contributed by atoms with E-state index in [1.807, 2.05) is 20.8 Å². The molecule has 3 amide bonds. The van der Waals surface area contributed by atoms with E-state index in [2.05, 4.69) is 15.3 Å². The van der Waals surface area contributed by atoms with Gasteiger partial charge < -0.3 is 29.4 Å². The Morgan fingerprint density at radius 3 is 2.55 bits per heavy atom. The minimum absolute atomic E-state index is 0.00478. The summed E-state index contributed by atoms with van der Waals surface area (Å²) in [5.74, 6) is -1.03. The smallest absolute Gasteiger partial charge is 0.410 e. The molecular weight excluding hydrogens is 543 g/mol. The van der Waals surface area contributed by atoms with Gasteiger partial charge in [0.2, 0.25) is 5.91 Å². The molecule has 0 aliphatic rings. The fourth-order valence-corrected chi connectivity index (χ4v) is 4.29. The van der Waals surface area contributed by atoms with Crippen molar-refractivity contribution >= 4 is 34.6 Å². The number of nitrogens with one attached hydrogen (secondary N) is 2. The number of ether oxygens (including phenoxy) is 1. The minimum Gasteiger partial charge on any atom is -0.436 e. The number of hydrogen-bond donors (Lipinski definition) is 2. The zero-order valence-corrected chi connectivity index (χ0v) is 25.2. The average molecular weight is 583 g/mol. The number of allylic oxidation sites excluding steroid dienone is 1. The number of fused-ring (bicyclic) bond motifs is 1. The molecule has 0 aliphatic heterocycles. The summed E-state index contributed by atoms with van der Waals surface area (Å²) >= 11 is 0. The first-order valence-corrected chi connectivity index (χ1v) is 13.7. The van der Waals surface area contributed by atoms with Gasteiger partial charge in [0, 0.05) is 45.6 Å². The highest BCUT2D eigenvalue weighted by molar-refractivity contribution is 5.95. The lowest BCUT2D eigenvalue weighted by Gasteiger charge is -2.19. The number of halogens is 1.